The lowest BCUT2D eigenvalue weighted by Gasteiger charge is -2.23. The second-order valence-electron chi connectivity index (χ2n) is 8.27. The first kappa shape index (κ1) is 23.1. The Morgan fingerprint density at radius 1 is 1.39 bits per heavy atom. The minimum atomic E-state index is -0.660. The molecule has 1 saturated heterocycles. The Morgan fingerprint density at radius 3 is 2.77 bits per heavy atom. The molecule has 3 N–H and O–H groups in total. The standard InChI is InChI=1S/C20H31FN6O4/c1-13-22-18(17(21)19(23-13)26-8-7-16(11-26)31-2)24-25-20(29)15(10-27(30)12-28)9-14-5-3-4-6-14/h12,14-16,30H,3-11H2,1-2H3,(H,25,29)(H,22,23,24)/t15-,16+/m1/s1. The van der Waals surface area contributed by atoms with E-state index in [4.69, 9.17) is 4.74 Å². The average Bonchev–Trinajstić information content (AvgIpc) is 3.45. The molecule has 2 aliphatic rings. The highest BCUT2D eigenvalue weighted by molar-refractivity contribution is 5.80. The van der Waals surface area contributed by atoms with Gasteiger partial charge in [-0.25, -0.2) is 15.0 Å². The molecule has 1 aliphatic heterocycles. The summed E-state index contributed by atoms with van der Waals surface area (Å²) >= 11 is 0. The molecule has 10 nitrogen and oxygen atoms in total. The van der Waals surface area contributed by atoms with E-state index in [0.717, 1.165) is 32.1 Å². The molecule has 1 aromatic rings. The van der Waals surface area contributed by atoms with Crippen molar-refractivity contribution in [3.63, 3.8) is 0 Å². The predicted molar refractivity (Wildman–Crippen MR) is 111 cm³/mol. The van der Waals surface area contributed by atoms with Crippen molar-refractivity contribution in [2.45, 2.75) is 51.6 Å². The van der Waals surface area contributed by atoms with Gasteiger partial charge < -0.3 is 9.64 Å². The quantitative estimate of drug-likeness (QED) is 0.286. The zero-order valence-electron chi connectivity index (χ0n) is 18.0. The van der Waals surface area contributed by atoms with Crippen LogP contribution in [0.4, 0.5) is 16.0 Å². The fraction of sp³-hybridized carbons (Fsp3) is 0.700. The van der Waals surface area contributed by atoms with Crippen molar-refractivity contribution in [1.82, 2.24) is 20.5 Å². The molecule has 0 aromatic carbocycles. The maximum absolute atomic E-state index is 15.1. The van der Waals surface area contributed by atoms with Crippen LogP contribution in [0.15, 0.2) is 0 Å². The Morgan fingerprint density at radius 2 is 2.13 bits per heavy atom. The number of nitrogens with zero attached hydrogens (tertiary/aromatic N) is 4. The summed E-state index contributed by atoms with van der Waals surface area (Å²) in [6, 6.07) is 0. The third-order valence-corrected chi connectivity index (χ3v) is 6.02. The summed E-state index contributed by atoms with van der Waals surface area (Å²) in [6.07, 6.45) is 5.87. The highest BCUT2D eigenvalue weighted by atomic mass is 19.1. The summed E-state index contributed by atoms with van der Waals surface area (Å²) in [5.74, 6) is -0.973. The van der Waals surface area contributed by atoms with Crippen LogP contribution in [0.2, 0.25) is 0 Å². The molecule has 1 aromatic heterocycles. The average molecular weight is 439 g/mol. The number of aryl methyl sites for hydroxylation is 1. The van der Waals surface area contributed by atoms with E-state index in [1.165, 1.54) is 0 Å². The fourth-order valence-electron chi connectivity index (χ4n) is 4.35. The number of carbonyl (C=O) groups excluding carboxylic acids is 2. The molecule has 2 heterocycles. The van der Waals surface area contributed by atoms with E-state index in [9.17, 15) is 14.8 Å². The molecule has 0 bridgehead atoms. The number of carbonyl (C=O) groups is 2. The topological polar surface area (TPSA) is 120 Å². The number of methoxy groups -OCH3 is 1. The lowest BCUT2D eigenvalue weighted by atomic mass is 9.92. The van der Waals surface area contributed by atoms with Gasteiger partial charge in [-0.05, 0) is 25.7 Å². The van der Waals surface area contributed by atoms with Gasteiger partial charge in [0.25, 0.3) is 0 Å². The number of halogens is 1. The van der Waals surface area contributed by atoms with Gasteiger partial charge in [-0.15, -0.1) is 0 Å². The summed E-state index contributed by atoms with van der Waals surface area (Å²) < 4.78 is 20.4. The third-order valence-electron chi connectivity index (χ3n) is 6.02. The molecule has 31 heavy (non-hydrogen) atoms. The molecule has 0 unspecified atom stereocenters. The SMILES string of the molecule is CO[C@H]1CCN(c2nc(C)nc(NNC(=O)[C@H](CC3CCCC3)CN(O)C=O)c2F)C1. The first-order chi connectivity index (χ1) is 14.9. The first-order valence-corrected chi connectivity index (χ1v) is 10.7. The predicted octanol–water partition coefficient (Wildman–Crippen LogP) is 1.64. The lowest BCUT2D eigenvalue weighted by molar-refractivity contribution is -0.154. The molecular weight excluding hydrogens is 407 g/mol. The maximum Gasteiger partial charge on any atom is 0.243 e. The third kappa shape index (κ3) is 6.01. The summed E-state index contributed by atoms with van der Waals surface area (Å²) in [5.41, 5.74) is 5.06. The van der Waals surface area contributed by atoms with E-state index < -0.39 is 17.6 Å². The van der Waals surface area contributed by atoms with Gasteiger partial charge >= 0.3 is 0 Å². The minimum Gasteiger partial charge on any atom is -0.380 e. The van der Waals surface area contributed by atoms with Crippen molar-refractivity contribution in [2.75, 3.05) is 37.1 Å². The highest BCUT2D eigenvalue weighted by Gasteiger charge is 2.29. The monoisotopic (exact) mass is 438 g/mol. The van der Waals surface area contributed by atoms with E-state index in [-0.39, 0.29) is 30.7 Å². The molecular formula is C20H31FN6O4. The van der Waals surface area contributed by atoms with Crippen molar-refractivity contribution in [1.29, 1.82) is 0 Å². The van der Waals surface area contributed by atoms with Gasteiger partial charge in [0.2, 0.25) is 18.1 Å². The first-order valence-electron chi connectivity index (χ1n) is 10.7. The van der Waals surface area contributed by atoms with Crippen LogP contribution in [-0.4, -0.2) is 65.4 Å². The van der Waals surface area contributed by atoms with Gasteiger partial charge in [-0.1, -0.05) is 25.7 Å². The normalized spacial score (nSPS) is 20.0. The van der Waals surface area contributed by atoms with Crippen molar-refractivity contribution < 1.29 is 23.9 Å². The van der Waals surface area contributed by atoms with Crippen LogP contribution in [-0.2, 0) is 14.3 Å². The summed E-state index contributed by atoms with van der Waals surface area (Å²) in [6.45, 7) is 2.66. The van der Waals surface area contributed by atoms with Crippen LogP contribution in [0.5, 0.6) is 0 Å². The number of hydroxylamine groups is 2. The second kappa shape index (κ2) is 10.7. The Balaban J connectivity index is 1.67. The molecule has 1 aliphatic carbocycles. The van der Waals surface area contributed by atoms with Gasteiger partial charge in [0.05, 0.1) is 18.6 Å². The van der Waals surface area contributed by atoms with E-state index in [1.54, 1.807) is 18.9 Å². The van der Waals surface area contributed by atoms with E-state index >= 15 is 4.39 Å². The molecule has 2 fully saturated rings. The van der Waals surface area contributed by atoms with E-state index in [2.05, 4.69) is 20.8 Å². The van der Waals surface area contributed by atoms with Gasteiger partial charge in [0.1, 0.15) is 5.82 Å². The number of ether oxygens (including phenoxy) is 1. The summed E-state index contributed by atoms with van der Waals surface area (Å²) in [7, 11) is 1.62. The number of hydrogen-bond acceptors (Lipinski definition) is 8. The summed E-state index contributed by atoms with van der Waals surface area (Å²) in [5, 5.41) is 10.0. The number of amides is 2. The summed E-state index contributed by atoms with van der Waals surface area (Å²) in [4.78, 5) is 33.7. The zero-order chi connectivity index (χ0) is 22.4. The highest BCUT2D eigenvalue weighted by Crippen LogP contribution is 2.31. The second-order valence-corrected chi connectivity index (χ2v) is 8.27. The largest absolute Gasteiger partial charge is 0.380 e. The minimum absolute atomic E-state index is 0.0152. The van der Waals surface area contributed by atoms with Crippen LogP contribution in [0.1, 0.15) is 44.3 Å². The number of nitrogens with one attached hydrogen (secondary N) is 2. The fourth-order valence-corrected chi connectivity index (χ4v) is 4.35. The Labute approximate surface area is 181 Å². The smallest absolute Gasteiger partial charge is 0.243 e. The van der Waals surface area contributed by atoms with Gasteiger partial charge in [-0.3, -0.25) is 25.6 Å². The molecule has 172 valence electrons. The number of rotatable bonds is 10. The van der Waals surface area contributed by atoms with Crippen LogP contribution in [0.25, 0.3) is 0 Å². The molecule has 11 heteroatoms. The Kier molecular flexibility index (Phi) is 7.97. The van der Waals surface area contributed by atoms with E-state index in [1.807, 2.05) is 0 Å². The van der Waals surface area contributed by atoms with E-state index in [0.29, 0.717) is 36.3 Å². The Bertz CT molecular complexity index is 776. The van der Waals surface area contributed by atoms with Crippen molar-refractivity contribution >= 4 is 24.0 Å². The van der Waals surface area contributed by atoms with Crippen molar-refractivity contribution in [2.24, 2.45) is 11.8 Å². The number of hydrogen-bond donors (Lipinski definition) is 3. The number of aromatic nitrogens is 2. The van der Waals surface area contributed by atoms with Crippen LogP contribution in [0.3, 0.4) is 0 Å². The van der Waals surface area contributed by atoms with Crippen LogP contribution in [0, 0.1) is 24.6 Å². The number of hydrazine groups is 1. The maximum atomic E-state index is 15.1. The molecule has 2 atom stereocenters. The van der Waals surface area contributed by atoms with Gasteiger partial charge in [0.15, 0.2) is 11.6 Å². The van der Waals surface area contributed by atoms with Gasteiger partial charge in [-0.2, -0.15) is 4.39 Å². The molecule has 2 amide bonds. The van der Waals surface area contributed by atoms with Crippen LogP contribution < -0.4 is 15.8 Å². The van der Waals surface area contributed by atoms with Crippen molar-refractivity contribution in [3.8, 4) is 0 Å². The molecule has 3 rings (SSSR count). The number of anilines is 2. The Hall–Kier alpha value is -2.53. The molecule has 0 radical (unpaired) electrons. The lowest BCUT2D eigenvalue weighted by Crippen LogP contribution is -2.41. The zero-order valence-corrected chi connectivity index (χ0v) is 18.0. The van der Waals surface area contributed by atoms with Gasteiger partial charge in [0, 0.05) is 20.2 Å². The molecule has 0 spiro atoms. The van der Waals surface area contributed by atoms with Crippen LogP contribution >= 0.6 is 0 Å². The van der Waals surface area contributed by atoms with Crippen molar-refractivity contribution in [3.05, 3.63) is 11.6 Å². The molecule has 1 saturated carbocycles.